The second kappa shape index (κ2) is 10.6. The monoisotopic (exact) mass is 406 g/mol. The van der Waals surface area contributed by atoms with Crippen molar-refractivity contribution in [1.82, 2.24) is 10.2 Å². The Morgan fingerprint density at radius 2 is 1.68 bits per heavy atom. The lowest BCUT2D eigenvalue weighted by Crippen LogP contribution is -2.45. The average molecular weight is 407 g/mol. The van der Waals surface area contributed by atoms with Crippen molar-refractivity contribution in [3.05, 3.63) is 53.1 Å². The van der Waals surface area contributed by atoms with Gasteiger partial charge in [-0.1, -0.05) is 37.3 Å². The maximum atomic E-state index is 5.68. The zero-order valence-corrected chi connectivity index (χ0v) is 18.0. The smallest absolute Gasteiger partial charge is 0.203 e. The first-order chi connectivity index (χ1) is 13.2. The van der Waals surface area contributed by atoms with Gasteiger partial charge in [0.15, 0.2) is 11.5 Å². The molecule has 5 nitrogen and oxygen atoms in total. The van der Waals surface area contributed by atoms with Gasteiger partial charge in [0.2, 0.25) is 5.75 Å². The van der Waals surface area contributed by atoms with Crippen LogP contribution in [0, 0.1) is 0 Å². The van der Waals surface area contributed by atoms with Crippen LogP contribution in [0.4, 0.5) is 0 Å². The number of piperazine rings is 1. The number of aryl methyl sites for hydroxylation is 1. The number of ether oxygens (including phenoxy) is 3. The third-order valence-corrected chi connectivity index (χ3v) is 5.29. The molecule has 0 aromatic heterocycles. The van der Waals surface area contributed by atoms with Crippen LogP contribution < -0.4 is 19.5 Å². The van der Waals surface area contributed by atoms with Crippen molar-refractivity contribution in [1.29, 1.82) is 0 Å². The lowest BCUT2D eigenvalue weighted by Gasteiger charge is -2.37. The van der Waals surface area contributed by atoms with Crippen LogP contribution in [0.15, 0.2) is 36.4 Å². The maximum absolute atomic E-state index is 5.68. The second-order valence-electron chi connectivity index (χ2n) is 6.78. The number of hydrogen-bond donors (Lipinski definition) is 1. The second-order valence-corrected chi connectivity index (χ2v) is 6.78. The molecule has 3 rings (SSSR count). The predicted molar refractivity (Wildman–Crippen MR) is 115 cm³/mol. The number of methoxy groups -OCH3 is 3. The summed E-state index contributed by atoms with van der Waals surface area (Å²) in [6.07, 6.45) is 1.07. The summed E-state index contributed by atoms with van der Waals surface area (Å²) in [7, 11) is 4.97. The molecular weight excluding hydrogens is 376 g/mol. The Morgan fingerprint density at radius 1 is 0.964 bits per heavy atom. The fourth-order valence-electron chi connectivity index (χ4n) is 3.75. The third-order valence-electron chi connectivity index (χ3n) is 5.29. The van der Waals surface area contributed by atoms with Crippen molar-refractivity contribution in [2.24, 2.45) is 0 Å². The Hall–Kier alpha value is -1.95. The Morgan fingerprint density at radius 3 is 2.29 bits per heavy atom. The SMILES string of the molecule is CCc1ccc(C2CNCCN2Cc2ccc(OC)c(OC)c2OC)cc1.Cl. The van der Waals surface area contributed by atoms with Gasteiger partial charge in [-0.2, -0.15) is 0 Å². The Labute approximate surface area is 174 Å². The van der Waals surface area contributed by atoms with E-state index in [1.54, 1.807) is 21.3 Å². The van der Waals surface area contributed by atoms with E-state index < -0.39 is 0 Å². The minimum Gasteiger partial charge on any atom is -0.493 e. The van der Waals surface area contributed by atoms with Gasteiger partial charge in [-0.15, -0.1) is 12.4 Å². The van der Waals surface area contributed by atoms with Gasteiger partial charge in [0.1, 0.15) is 0 Å². The molecule has 1 atom stereocenters. The molecule has 0 amide bonds. The van der Waals surface area contributed by atoms with Gasteiger partial charge in [-0.25, -0.2) is 0 Å². The molecule has 1 heterocycles. The first-order valence-electron chi connectivity index (χ1n) is 9.53. The van der Waals surface area contributed by atoms with Crippen molar-refractivity contribution < 1.29 is 14.2 Å². The van der Waals surface area contributed by atoms with Crippen molar-refractivity contribution in [2.45, 2.75) is 25.9 Å². The van der Waals surface area contributed by atoms with Gasteiger partial charge in [-0.3, -0.25) is 4.90 Å². The average Bonchev–Trinajstić information content (AvgIpc) is 2.73. The first kappa shape index (κ1) is 22.3. The van der Waals surface area contributed by atoms with E-state index >= 15 is 0 Å². The number of nitrogens with one attached hydrogen (secondary N) is 1. The van der Waals surface area contributed by atoms with Crippen LogP contribution >= 0.6 is 12.4 Å². The minimum absolute atomic E-state index is 0. The van der Waals surface area contributed by atoms with E-state index in [9.17, 15) is 0 Å². The topological polar surface area (TPSA) is 43.0 Å². The third kappa shape index (κ3) is 4.72. The van der Waals surface area contributed by atoms with Gasteiger partial charge < -0.3 is 19.5 Å². The van der Waals surface area contributed by atoms with Gasteiger partial charge in [-0.05, 0) is 23.6 Å². The van der Waals surface area contributed by atoms with E-state index in [0.29, 0.717) is 17.5 Å². The van der Waals surface area contributed by atoms with Gasteiger partial charge in [0.05, 0.1) is 21.3 Å². The zero-order valence-electron chi connectivity index (χ0n) is 17.2. The van der Waals surface area contributed by atoms with E-state index in [1.165, 1.54) is 11.1 Å². The maximum Gasteiger partial charge on any atom is 0.203 e. The highest BCUT2D eigenvalue weighted by atomic mass is 35.5. The summed E-state index contributed by atoms with van der Waals surface area (Å²) in [5, 5.41) is 3.53. The summed E-state index contributed by atoms with van der Waals surface area (Å²) < 4.78 is 16.6. The number of nitrogens with zero attached hydrogens (tertiary/aromatic N) is 1. The quantitative estimate of drug-likeness (QED) is 0.756. The highest BCUT2D eigenvalue weighted by Gasteiger charge is 2.26. The predicted octanol–water partition coefficient (Wildman–Crippen LogP) is 3.84. The van der Waals surface area contributed by atoms with Crippen molar-refractivity contribution in [3.8, 4) is 17.2 Å². The van der Waals surface area contributed by atoms with E-state index in [4.69, 9.17) is 14.2 Å². The van der Waals surface area contributed by atoms with Crippen LogP contribution in [0.2, 0.25) is 0 Å². The molecule has 1 fully saturated rings. The van der Waals surface area contributed by atoms with Crippen LogP contribution in [-0.2, 0) is 13.0 Å². The lowest BCUT2D eigenvalue weighted by molar-refractivity contribution is 0.151. The summed E-state index contributed by atoms with van der Waals surface area (Å²) in [6, 6.07) is 13.3. The number of rotatable bonds is 7. The van der Waals surface area contributed by atoms with E-state index in [2.05, 4.69) is 47.5 Å². The molecule has 0 saturated carbocycles. The van der Waals surface area contributed by atoms with Gasteiger partial charge >= 0.3 is 0 Å². The number of benzene rings is 2. The first-order valence-corrected chi connectivity index (χ1v) is 9.53. The van der Waals surface area contributed by atoms with E-state index in [-0.39, 0.29) is 12.4 Å². The number of halogens is 1. The molecule has 1 unspecified atom stereocenters. The van der Waals surface area contributed by atoms with Crippen LogP contribution in [0.3, 0.4) is 0 Å². The Bertz CT molecular complexity index is 752. The normalized spacial score (nSPS) is 16.9. The largest absolute Gasteiger partial charge is 0.493 e. The van der Waals surface area contributed by atoms with Crippen molar-refractivity contribution >= 4 is 12.4 Å². The lowest BCUT2D eigenvalue weighted by atomic mass is 10.00. The summed E-state index contributed by atoms with van der Waals surface area (Å²) in [6.45, 7) is 5.90. The highest BCUT2D eigenvalue weighted by Crippen LogP contribution is 2.41. The molecule has 28 heavy (non-hydrogen) atoms. The molecule has 0 spiro atoms. The van der Waals surface area contributed by atoms with E-state index in [1.807, 2.05) is 6.07 Å². The molecule has 0 radical (unpaired) electrons. The molecular formula is C22H31ClN2O3. The molecule has 0 bridgehead atoms. The fraction of sp³-hybridized carbons (Fsp3) is 0.455. The Balaban J connectivity index is 0.00000280. The molecule has 1 aliphatic rings. The highest BCUT2D eigenvalue weighted by molar-refractivity contribution is 5.85. The summed E-state index contributed by atoms with van der Waals surface area (Å²) >= 11 is 0. The van der Waals surface area contributed by atoms with Crippen LogP contribution in [-0.4, -0.2) is 45.9 Å². The summed E-state index contributed by atoms with van der Waals surface area (Å²) in [4.78, 5) is 2.50. The molecule has 1 aliphatic heterocycles. The van der Waals surface area contributed by atoms with Gasteiger partial charge in [0, 0.05) is 37.8 Å². The molecule has 1 N–H and O–H groups in total. The van der Waals surface area contributed by atoms with Gasteiger partial charge in [0.25, 0.3) is 0 Å². The minimum atomic E-state index is 0. The molecule has 0 aliphatic carbocycles. The molecule has 154 valence electrons. The standard InChI is InChI=1S/C22H30N2O3.ClH/c1-5-16-6-8-17(9-7-16)19-14-23-12-13-24(19)15-18-10-11-20(25-2)22(27-4)21(18)26-3;/h6-11,19,23H,5,12-15H2,1-4H3;1H. The number of hydrogen-bond acceptors (Lipinski definition) is 5. The van der Waals surface area contributed by atoms with E-state index in [0.717, 1.165) is 43.9 Å². The van der Waals surface area contributed by atoms with Crippen molar-refractivity contribution in [2.75, 3.05) is 41.0 Å². The Kier molecular flexibility index (Phi) is 8.42. The zero-order chi connectivity index (χ0) is 19.2. The molecule has 6 heteroatoms. The van der Waals surface area contributed by atoms with Crippen molar-refractivity contribution in [3.63, 3.8) is 0 Å². The molecule has 2 aromatic rings. The molecule has 1 saturated heterocycles. The fourth-order valence-corrected chi connectivity index (χ4v) is 3.75. The summed E-state index contributed by atoms with van der Waals surface area (Å²) in [5.41, 5.74) is 3.82. The molecule has 2 aromatic carbocycles. The van der Waals surface area contributed by atoms with Crippen LogP contribution in [0.1, 0.15) is 29.7 Å². The van der Waals surface area contributed by atoms with Crippen LogP contribution in [0.25, 0.3) is 0 Å². The summed E-state index contributed by atoms with van der Waals surface area (Å²) in [5.74, 6) is 2.08. The van der Waals surface area contributed by atoms with Crippen LogP contribution in [0.5, 0.6) is 17.2 Å².